The van der Waals surface area contributed by atoms with Crippen LogP contribution in [0.3, 0.4) is 0 Å². The first kappa shape index (κ1) is 22.5. The Morgan fingerprint density at radius 3 is 2.57 bits per heavy atom. The highest BCUT2D eigenvalue weighted by atomic mass is 32.1. The highest BCUT2D eigenvalue weighted by molar-refractivity contribution is 7.17. The number of methoxy groups -OCH3 is 1. The van der Waals surface area contributed by atoms with Crippen LogP contribution < -0.4 is 4.90 Å². The predicted molar refractivity (Wildman–Crippen MR) is 125 cm³/mol. The number of thiazole rings is 1. The van der Waals surface area contributed by atoms with Gasteiger partial charge in [-0.1, -0.05) is 41.7 Å². The number of rotatable bonds is 5. The second-order valence-corrected chi connectivity index (χ2v) is 8.75. The van der Waals surface area contributed by atoms with Gasteiger partial charge in [0.2, 0.25) is 5.78 Å². The van der Waals surface area contributed by atoms with Gasteiger partial charge in [0, 0.05) is 5.39 Å². The van der Waals surface area contributed by atoms with Crippen LogP contribution in [0.2, 0.25) is 0 Å². The molecule has 176 valence electrons. The monoisotopic (exact) mass is 492 g/mol. The zero-order valence-corrected chi connectivity index (χ0v) is 19.3. The quantitative estimate of drug-likeness (QED) is 0.311. The Morgan fingerprint density at radius 2 is 1.89 bits per heavy atom. The van der Waals surface area contributed by atoms with E-state index in [-0.39, 0.29) is 21.3 Å². The molecule has 4 aromatic rings. The van der Waals surface area contributed by atoms with Gasteiger partial charge >= 0.3 is 5.97 Å². The maximum atomic E-state index is 13.7. The van der Waals surface area contributed by atoms with Gasteiger partial charge in [-0.15, -0.1) is 0 Å². The van der Waals surface area contributed by atoms with Gasteiger partial charge in [-0.2, -0.15) is 0 Å². The molecule has 1 aliphatic rings. The van der Waals surface area contributed by atoms with Gasteiger partial charge < -0.3 is 14.3 Å². The Hall–Kier alpha value is -4.31. The first-order valence-electron chi connectivity index (χ1n) is 10.4. The number of aromatic nitrogens is 1. The number of Topliss-reactive ketones (excluding diaryl/α,β-unsaturated/α-hetero) is 1. The fourth-order valence-electron chi connectivity index (χ4n) is 3.99. The van der Waals surface area contributed by atoms with Crippen molar-refractivity contribution in [3.05, 3.63) is 93.6 Å². The van der Waals surface area contributed by atoms with Gasteiger partial charge in [-0.3, -0.25) is 14.5 Å². The summed E-state index contributed by atoms with van der Waals surface area (Å²) in [6, 6.07) is 12.6. The molecule has 1 amide bonds. The van der Waals surface area contributed by atoms with Crippen molar-refractivity contribution in [1.82, 2.24) is 4.98 Å². The van der Waals surface area contributed by atoms with Crippen molar-refractivity contribution in [3.63, 3.8) is 0 Å². The molecule has 0 aliphatic carbocycles. The first-order valence-corrected chi connectivity index (χ1v) is 11.2. The van der Waals surface area contributed by atoms with Crippen LogP contribution in [0.1, 0.15) is 37.5 Å². The number of anilines is 1. The minimum Gasteiger partial charge on any atom is -0.503 e. The van der Waals surface area contributed by atoms with Crippen molar-refractivity contribution in [2.75, 3.05) is 12.0 Å². The largest absolute Gasteiger partial charge is 0.503 e. The number of carbonyl (C=O) groups excluding carboxylic acids is 3. The summed E-state index contributed by atoms with van der Waals surface area (Å²) in [7, 11) is 1.22. The fourth-order valence-corrected chi connectivity index (χ4v) is 5.00. The molecule has 0 spiro atoms. The number of fused-ring (bicyclic) bond motifs is 1. The van der Waals surface area contributed by atoms with Crippen LogP contribution in [0.5, 0.6) is 0 Å². The van der Waals surface area contributed by atoms with Crippen molar-refractivity contribution >= 4 is 45.1 Å². The van der Waals surface area contributed by atoms with E-state index in [1.165, 1.54) is 37.4 Å². The summed E-state index contributed by atoms with van der Waals surface area (Å²) in [5.74, 6) is -3.58. The number of esters is 1. The number of halogens is 1. The third-order valence-corrected chi connectivity index (χ3v) is 6.79. The number of hydrogen-bond acceptors (Lipinski definition) is 8. The third-order valence-electron chi connectivity index (χ3n) is 5.65. The Bertz CT molecular complexity index is 1500. The summed E-state index contributed by atoms with van der Waals surface area (Å²) in [5.41, 5.74) is 0.900. The summed E-state index contributed by atoms with van der Waals surface area (Å²) >= 11 is 0.883. The molecule has 35 heavy (non-hydrogen) atoms. The Balaban J connectivity index is 1.65. The van der Waals surface area contributed by atoms with E-state index in [0.717, 1.165) is 16.2 Å². The van der Waals surface area contributed by atoms with Crippen LogP contribution >= 0.6 is 11.3 Å². The molecule has 8 nitrogen and oxygen atoms in total. The number of aliphatic hydroxyl groups is 1. The smallest absolute Gasteiger partial charge is 0.350 e. The van der Waals surface area contributed by atoms with Crippen LogP contribution in [-0.4, -0.2) is 34.9 Å². The molecule has 5 rings (SSSR count). The fraction of sp³-hybridized carbons (Fsp3) is 0.120. The SMILES string of the molecule is COC(=O)c1sc(N2C(=O)C(O)=C(C(=O)c3cc4ccccc4o3)C2c2ccc(F)cc2)nc1C. The van der Waals surface area contributed by atoms with Gasteiger partial charge in [0.05, 0.1) is 24.4 Å². The minimum atomic E-state index is -1.14. The molecule has 1 unspecified atom stereocenters. The normalized spacial score (nSPS) is 15.8. The van der Waals surface area contributed by atoms with Crippen molar-refractivity contribution in [2.24, 2.45) is 0 Å². The van der Waals surface area contributed by atoms with E-state index in [1.807, 2.05) is 0 Å². The summed E-state index contributed by atoms with van der Waals surface area (Å²) in [4.78, 5) is 44.5. The molecule has 1 atom stereocenters. The molecular formula is C25H17FN2O6S. The molecule has 1 aliphatic heterocycles. The van der Waals surface area contributed by atoms with Crippen LogP contribution in [0.4, 0.5) is 9.52 Å². The number of furan rings is 1. The molecule has 2 aromatic carbocycles. The number of ether oxygens (including phenoxy) is 1. The molecular weight excluding hydrogens is 475 g/mol. The van der Waals surface area contributed by atoms with E-state index in [4.69, 9.17) is 9.15 Å². The molecule has 0 radical (unpaired) electrons. The van der Waals surface area contributed by atoms with E-state index >= 15 is 0 Å². The first-order chi connectivity index (χ1) is 16.8. The molecule has 2 aromatic heterocycles. The second-order valence-electron chi connectivity index (χ2n) is 7.77. The zero-order chi connectivity index (χ0) is 24.9. The summed E-state index contributed by atoms with van der Waals surface area (Å²) in [5, 5.41) is 11.6. The maximum Gasteiger partial charge on any atom is 0.350 e. The van der Waals surface area contributed by atoms with Crippen LogP contribution in [0.25, 0.3) is 11.0 Å². The molecule has 0 bridgehead atoms. The minimum absolute atomic E-state index is 0.0694. The Morgan fingerprint density at radius 1 is 1.17 bits per heavy atom. The molecule has 0 saturated carbocycles. The molecule has 3 heterocycles. The summed E-state index contributed by atoms with van der Waals surface area (Å²) in [6.07, 6.45) is 0. The number of nitrogens with zero attached hydrogens (tertiary/aromatic N) is 2. The van der Waals surface area contributed by atoms with Gasteiger partial charge in [0.15, 0.2) is 16.7 Å². The lowest BCUT2D eigenvalue weighted by Crippen LogP contribution is -2.31. The van der Waals surface area contributed by atoms with Crippen molar-refractivity contribution in [3.8, 4) is 0 Å². The van der Waals surface area contributed by atoms with Crippen molar-refractivity contribution in [1.29, 1.82) is 0 Å². The Labute approximate surface area is 201 Å². The van der Waals surface area contributed by atoms with Gasteiger partial charge in [0.1, 0.15) is 16.3 Å². The number of aryl methyl sites for hydroxylation is 1. The molecule has 10 heteroatoms. The number of aliphatic hydroxyl groups excluding tert-OH is 1. The molecule has 1 N–H and O–H groups in total. The highest BCUT2D eigenvalue weighted by Gasteiger charge is 2.47. The van der Waals surface area contributed by atoms with E-state index in [2.05, 4.69) is 4.98 Å². The van der Waals surface area contributed by atoms with Crippen molar-refractivity contribution in [2.45, 2.75) is 13.0 Å². The van der Waals surface area contributed by atoms with Gasteiger partial charge in [0.25, 0.3) is 5.91 Å². The zero-order valence-electron chi connectivity index (χ0n) is 18.4. The predicted octanol–water partition coefficient (Wildman–Crippen LogP) is 4.91. The molecule has 0 fully saturated rings. The number of carbonyl (C=O) groups is 3. The standard InChI is InChI=1S/C25H17FN2O6S/c1-12-22(24(32)33-2)35-25(27-12)28-19(13-7-9-15(26)10-8-13)18(21(30)23(28)31)20(29)17-11-14-5-3-4-6-16(14)34-17/h3-11,19,30H,1-2H3. The van der Waals surface area contributed by atoms with Gasteiger partial charge in [-0.25, -0.2) is 14.2 Å². The second kappa shape index (κ2) is 8.48. The lowest BCUT2D eigenvalue weighted by molar-refractivity contribution is -0.117. The van der Waals surface area contributed by atoms with E-state index in [1.54, 1.807) is 31.2 Å². The van der Waals surface area contributed by atoms with E-state index < -0.39 is 35.3 Å². The van der Waals surface area contributed by atoms with Gasteiger partial charge in [-0.05, 0) is 36.8 Å². The maximum absolute atomic E-state index is 13.7. The highest BCUT2D eigenvalue weighted by Crippen LogP contribution is 2.44. The summed E-state index contributed by atoms with van der Waals surface area (Å²) in [6.45, 7) is 1.58. The average Bonchev–Trinajstić information content (AvgIpc) is 3.53. The van der Waals surface area contributed by atoms with Crippen molar-refractivity contribution < 1.29 is 33.0 Å². The lowest BCUT2D eigenvalue weighted by atomic mass is 9.95. The number of benzene rings is 2. The van der Waals surface area contributed by atoms with E-state index in [0.29, 0.717) is 22.2 Å². The Kier molecular flexibility index (Phi) is 5.45. The van der Waals surface area contributed by atoms with Crippen LogP contribution in [0, 0.1) is 12.7 Å². The molecule has 0 saturated heterocycles. The average molecular weight is 492 g/mol. The lowest BCUT2D eigenvalue weighted by Gasteiger charge is -2.24. The number of amides is 1. The topological polar surface area (TPSA) is 110 Å². The number of hydrogen-bond donors (Lipinski definition) is 1. The number of ketones is 1. The van der Waals surface area contributed by atoms with Crippen LogP contribution in [0.15, 0.2) is 70.3 Å². The van der Waals surface area contributed by atoms with Crippen LogP contribution in [-0.2, 0) is 9.53 Å². The van der Waals surface area contributed by atoms with E-state index in [9.17, 15) is 23.9 Å². The third kappa shape index (κ3) is 3.68. The summed E-state index contributed by atoms with van der Waals surface area (Å²) < 4.78 is 24.1. The number of para-hydroxylation sites is 1.